The number of carbonyl (C=O) groups excluding carboxylic acids is 2. The van der Waals surface area contributed by atoms with Gasteiger partial charge in [0.1, 0.15) is 67.1 Å². The van der Waals surface area contributed by atoms with Crippen molar-refractivity contribution in [3.8, 4) is 0 Å². The van der Waals surface area contributed by atoms with Crippen LogP contribution < -0.4 is 0 Å². The Morgan fingerprint density at radius 1 is 0.630 bits per heavy atom. The van der Waals surface area contributed by atoms with Crippen molar-refractivity contribution in [2.45, 2.75) is 224 Å². The highest BCUT2D eigenvalue weighted by atomic mass is 16.8. The topological polar surface area (TPSA) is 388 Å². The molecule has 8 rings (SSSR count). The Balaban J connectivity index is 1.15. The second kappa shape index (κ2) is 23.3. The number of ether oxygens (including phenoxy) is 8. The second-order valence-electron chi connectivity index (χ2n) is 25.9. The van der Waals surface area contributed by atoms with Gasteiger partial charge in [-0.05, 0) is 94.8 Å². The molecule has 81 heavy (non-hydrogen) atoms. The monoisotopic (exact) mass is 1160 g/mol. The standard InChI is InChI=1S/C57H88O24/c1-11-24(3)47(72)80-44-45(81-48(73)25(4)12-2)57(23-61)27(19-52(44,5)6)26-13-14-31-53(7)17-16-32(54(8,22-60)30(53)15-18-55(31,9)56(26,10)42(68)43(57)69)76-51-41(79-50-37(66)35(64)33(62)28(20-58)74-50)39(38(67)40(78-51)46(70)71)77-49-36(65)34(63)29(21-59)75-49/h11-13,27-45,49-51,58-69H,14-23H2,1-10H3,(H,70,71)/b24-11-,25-12-/t27?,28?,29-,30?,31?,32-,33+,34?,35?,36?,37?,38-,39?,40?,41?,42-,43+,44-,45-,49-,50-,51+,53-,54+,55+,56-,57?/m0/s1. The first-order valence-electron chi connectivity index (χ1n) is 28.3. The maximum atomic E-state index is 13.9. The highest BCUT2D eigenvalue weighted by Crippen LogP contribution is 2.76. The summed E-state index contributed by atoms with van der Waals surface area (Å²) >= 11 is 0. The van der Waals surface area contributed by atoms with Crippen LogP contribution in [0.2, 0.25) is 0 Å². The number of allylic oxidation sites excluding steroid dienone is 3. The number of carboxylic acids is 1. The lowest BCUT2D eigenvalue weighted by molar-refractivity contribution is -0.387. The fourth-order valence-electron chi connectivity index (χ4n) is 16.2. The smallest absolute Gasteiger partial charge is 0.335 e. The minimum Gasteiger partial charge on any atom is -0.479 e. The predicted octanol–water partition coefficient (Wildman–Crippen LogP) is -0.765. The van der Waals surface area contributed by atoms with E-state index in [0.29, 0.717) is 31.3 Å². The van der Waals surface area contributed by atoms with E-state index in [2.05, 4.69) is 19.9 Å². The summed E-state index contributed by atoms with van der Waals surface area (Å²) in [7, 11) is 0. The Morgan fingerprint density at radius 3 is 1.70 bits per heavy atom. The molecule has 0 bridgehead atoms. The Kier molecular flexibility index (Phi) is 18.4. The molecule has 24 nitrogen and oxygen atoms in total. The lowest BCUT2D eigenvalue weighted by Gasteiger charge is -2.73. The van der Waals surface area contributed by atoms with Gasteiger partial charge in [-0.1, -0.05) is 65.3 Å². The third kappa shape index (κ3) is 9.98. The molecule has 7 fully saturated rings. The molecule has 3 heterocycles. The summed E-state index contributed by atoms with van der Waals surface area (Å²) < 4.78 is 48.8. The minimum absolute atomic E-state index is 0.165. The lowest BCUT2D eigenvalue weighted by atomic mass is 9.32. The summed E-state index contributed by atoms with van der Waals surface area (Å²) in [5.74, 6) is -4.48. The Bertz CT molecular complexity index is 2410. The first-order chi connectivity index (χ1) is 37.9. The van der Waals surface area contributed by atoms with Crippen molar-refractivity contribution in [1.82, 2.24) is 0 Å². The zero-order valence-electron chi connectivity index (χ0n) is 47.8. The van der Waals surface area contributed by atoms with Crippen LogP contribution in [0, 0.1) is 50.2 Å². The summed E-state index contributed by atoms with van der Waals surface area (Å²) in [5, 5.41) is 146. The molecule has 460 valence electrons. The molecule has 0 radical (unpaired) electrons. The summed E-state index contributed by atoms with van der Waals surface area (Å²) in [5.41, 5.74) is -5.25. The van der Waals surface area contributed by atoms with E-state index in [1.54, 1.807) is 39.8 Å². The van der Waals surface area contributed by atoms with Gasteiger partial charge in [-0.2, -0.15) is 0 Å². The molecule has 0 spiro atoms. The van der Waals surface area contributed by atoms with Gasteiger partial charge in [0, 0.05) is 27.4 Å². The Morgan fingerprint density at radius 2 is 1.17 bits per heavy atom. The summed E-state index contributed by atoms with van der Waals surface area (Å²) in [6.07, 6.45) is -25.7. The van der Waals surface area contributed by atoms with E-state index in [-0.39, 0.29) is 24.3 Å². The third-order valence-electron chi connectivity index (χ3n) is 21.5. The molecule has 13 N–H and O–H groups in total. The average molecular weight is 1160 g/mol. The molecule has 0 aromatic rings. The molecule has 0 aromatic carbocycles. The number of rotatable bonds is 15. The summed E-state index contributed by atoms with van der Waals surface area (Å²) in [4.78, 5) is 40.4. The number of hydrogen-bond donors (Lipinski definition) is 13. The second-order valence-corrected chi connectivity index (χ2v) is 25.9. The molecule has 5 aliphatic carbocycles. The number of carbonyl (C=O) groups is 3. The Labute approximate surface area is 471 Å². The number of carboxylic acid groups (broad SMARTS) is 1. The fraction of sp³-hybridized carbons (Fsp3) is 0.842. The van der Waals surface area contributed by atoms with Gasteiger partial charge < -0.3 is 104 Å². The van der Waals surface area contributed by atoms with E-state index in [4.69, 9.17) is 37.9 Å². The maximum Gasteiger partial charge on any atom is 0.335 e. The van der Waals surface area contributed by atoms with Gasteiger partial charge in [-0.3, -0.25) is 0 Å². The summed E-state index contributed by atoms with van der Waals surface area (Å²) in [6, 6.07) is 0. The van der Waals surface area contributed by atoms with Crippen molar-refractivity contribution in [3.05, 3.63) is 34.9 Å². The van der Waals surface area contributed by atoms with E-state index in [9.17, 15) is 80.8 Å². The van der Waals surface area contributed by atoms with Gasteiger partial charge in [0.2, 0.25) is 0 Å². The molecule has 24 heteroatoms. The predicted molar refractivity (Wildman–Crippen MR) is 278 cm³/mol. The lowest BCUT2D eigenvalue weighted by Crippen LogP contribution is -2.76. The van der Waals surface area contributed by atoms with Crippen molar-refractivity contribution in [1.29, 1.82) is 0 Å². The number of aliphatic hydroxyl groups excluding tert-OH is 12. The van der Waals surface area contributed by atoms with E-state index < -0.39 is 205 Å². The number of aliphatic hydroxyl groups is 12. The fourth-order valence-corrected chi connectivity index (χ4v) is 16.2. The van der Waals surface area contributed by atoms with Crippen LogP contribution in [0.5, 0.6) is 0 Å². The van der Waals surface area contributed by atoms with Gasteiger partial charge in [0.05, 0.1) is 50.2 Å². The number of esters is 2. The molecule has 8 aliphatic rings. The van der Waals surface area contributed by atoms with Crippen molar-refractivity contribution in [2.24, 2.45) is 50.2 Å². The SMILES string of the molecule is C/C=C(/C)C(=O)O[C@H]1[C@H](OC(=O)/C(C)=C\C)C2(CO)C(CC1(C)C)C1=CCC3[C@@]4(C)CC[C@H](O[C@@H]5OC(C(=O)O)[C@@H](O)C(O[C@@H]6O[C@@H](CO)C(O)C6O)C5O[C@@H]5OC(CO)[C@@H](O)C(O)C5O)[C@](C)(CO)C4CC[C@@]3(C)[C@]1(C)[C@@H](O)[C@H]2O. The van der Waals surface area contributed by atoms with Crippen LogP contribution in [0.1, 0.15) is 108 Å². The highest BCUT2D eigenvalue weighted by molar-refractivity contribution is 5.89. The van der Waals surface area contributed by atoms with Crippen molar-refractivity contribution >= 4 is 17.9 Å². The Hall–Kier alpha value is -3.09. The molecule has 3 saturated heterocycles. The van der Waals surface area contributed by atoms with E-state index in [0.717, 1.165) is 5.57 Å². The van der Waals surface area contributed by atoms with Crippen LogP contribution in [0.25, 0.3) is 0 Å². The molecular weight excluding hydrogens is 1070 g/mol. The van der Waals surface area contributed by atoms with E-state index >= 15 is 0 Å². The third-order valence-corrected chi connectivity index (χ3v) is 21.5. The molecule has 4 saturated carbocycles. The van der Waals surface area contributed by atoms with Crippen LogP contribution in [0.4, 0.5) is 0 Å². The molecule has 27 atom stereocenters. The van der Waals surface area contributed by atoms with E-state index in [1.165, 1.54) is 0 Å². The summed E-state index contributed by atoms with van der Waals surface area (Å²) in [6.45, 7) is 15.3. The first kappa shape index (κ1) is 63.9. The molecular formula is C57H88O24. The van der Waals surface area contributed by atoms with Gasteiger partial charge in [0.25, 0.3) is 0 Å². The zero-order chi connectivity index (χ0) is 60.0. The quantitative estimate of drug-likeness (QED) is 0.0415. The van der Waals surface area contributed by atoms with Crippen LogP contribution in [-0.4, -0.2) is 227 Å². The number of hydrogen-bond acceptors (Lipinski definition) is 23. The number of fused-ring (bicyclic) bond motifs is 7. The van der Waals surface area contributed by atoms with Gasteiger partial charge in [-0.25, -0.2) is 14.4 Å². The van der Waals surface area contributed by atoms with Gasteiger partial charge in [-0.15, -0.1) is 0 Å². The van der Waals surface area contributed by atoms with Crippen molar-refractivity contribution < 1.29 is 119 Å². The van der Waals surface area contributed by atoms with Gasteiger partial charge >= 0.3 is 17.9 Å². The molecule has 3 aliphatic heterocycles. The first-order valence-corrected chi connectivity index (χ1v) is 28.3. The largest absolute Gasteiger partial charge is 0.479 e. The van der Waals surface area contributed by atoms with Crippen LogP contribution in [-0.2, 0) is 52.3 Å². The average Bonchev–Trinajstić information content (AvgIpc) is 1.99. The zero-order valence-corrected chi connectivity index (χ0v) is 47.8. The van der Waals surface area contributed by atoms with Crippen molar-refractivity contribution in [2.75, 3.05) is 26.4 Å². The van der Waals surface area contributed by atoms with Crippen LogP contribution in [0.3, 0.4) is 0 Å². The van der Waals surface area contributed by atoms with E-state index in [1.807, 2.05) is 27.7 Å². The number of aliphatic carboxylic acids is 1. The molecule has 0 amide bonds. The normalized spacial score (nSPS) is 49.8. The van der Waals surface area contributed by atoms with Crippen LogP contribution in [0.15, 0.2) is 34.9 Å². The highest BCUT2D eigenvalue weighted by Gasteiger charge is 2.77. The van der Waals surface area contributed by atoms with Crippen molar-refractivity contribution in [3.63, 3.8) is 0 Å². The van der Waals surface area contributed by atoms with Gasteiger partial charge in [0.15, 0.2) is 31.1 Å². The molecule has 12 unspecified atom stereocenters. The molecule has 0 aromatic heterocycles. The minimum atomic E-state index is -2.18. The van der Waals surface area contributed by atoms with Crippen LogP contribution >= 0.6 is 0 Å². The maximum absolute atomic E-state index is 13.9.